The molecule has 0 aliphatic carbocycles. The fourth-order valence-corrected chi connectivity index (χ4v) is 2.34. The van der Waals surface area contributed by atoms with E-state index in [1.807, 2.05) is 0 Å². The molecule has 0 bridgehead atoms. The average molecular weight is 285 g/mol. The zero-order chi connectivity index (χ0) is 13.0. The molecule has 1 heterocycles. The fraction of sp³-hybridized carbons (Fsp3) is 0.333. The summed E-state index contributed by atoms with van der Waals surface area (Å²) in [5.41, 5.74) is 0.552. The maximum atomic E-state index is 9.43. The summed E-state index contributed by atoms with van der Waals surface area (Å²) in [5.74, 6) is 2.88. The van der Waals surface area contributed by atoms with Crippen LogP contribution >= 0.6 is 23.4 Å². The summed E-state index contributed by atoms with van der Waals surface area (Å²) in [6.45, 7) is 2.13. The van der Waals surface area contributed by atoms with Gasteiger partial charge in [-0.25, -0.2) is 0 Å². The molecule has 0 atom stereocenters. The predicted molar refractivity (Wildman–Crippen MR) is 72.9 cm³/mol. The number of hydrogen-bond donors (Lipinski definition) is 1. The second kappa shape index (κ2) is 6.11. The summed E-state index contributed by atoms with van der Waals surface area (Å²) >= 11 is 7.78. The van der Waals surface area contributed by atoms with E-state index in [4.69, 9.17) is 16.1 Å². The third-order valence-corrected chi connectivity index (χ3v) is 3.72. The van der Waals surface area contributed by atoms with E-state index in [9.17, 15) is 5.11 Å². The van der Waals surface area contributed by atoms with Crippen molar-refractivity contribution in [2.45, 2.75) is 19.1 Å². The first kappa shape index (κ1) is 13.2. The lowest BCUT2D eigenvalue weighted by molar-refractivity contribution is 0.424. The van der Waals surface area contributed by atoms with Crippen molar-refractivity contribution in [2.75, 3.05) is 5.75 Å². The molecule has 96 valence electrons. The highest BCUT2D eigenvalue weighted by Crippen LogP contribution is 2.30. The van der Waals surface area contributed by atoms with Crippen molar-refractivity contribution < 1.29 is 9.63 Å². The van der Waals surface area contributed by atoms with E-state index in [2.05, 4.69) is 17.1 Å². The Kier molecular flexibility index (Phi) is 4.49. The van der Waals surface area contributed by atoms with Gasteiger partial charge in [0.1, 0.15) is 5.75 Å². The summed E-state index contributed by atoms with van der Waals surface area (Å²) in [6, 6.07) is 4.63. The van der Waals surface area contributed by atoms with Crippen LogP contribution in [0.1, 0.15) is 19.2 Å². The number of phenolic OH excluding ortho intramolecular Hbond substituents is 1. The molecular weight excluding hydrogens is 272 g/mol. The highest BCUT2D eigenvalue weighted by molar-refractivity contribution is 7.98. The predicted octanol–water partition coefficient (Wildman–Crippen LogP) is 3.74. The number of thioether (sulfide) groups is 1. The Morgan fingerprint density at radius 2 is 2.28 bits per heavy atom. The van der Waals surface area contributed by atoms with Crippen LogP contribution in [0.15, 0.2) is 22.7 Å². The molecule has 0 amide bonds. The van der Waals surface area contributed by atoms with Gasteiger partial charge in [0.2, 0.25) is 0 Å². The van der Waals surface area contributed by atoms with Crippen LogP contribution in [0.4, 0.5) is 0 Å². The summed E-state index contributed by atoms with van der Waals surface area (Å²) in [5, 5.41) is 13.8. The Hall–Kier alpha value is -1.20. The second-order valence-electron chi connectivity index (χ2n) is 3.73. The van der Waals surface area contributed by atoms with E-state index in [-0.39, 0.29) is 5.75 Å². The van der Waals surface area contributed by atoms with E-state index in [1.54, 1.807) is 17.8 Å². The summed E-state index contributed by atoms with van der Waals surface area (Å²) in [6.07, 6.45) is 1.12. The average Bonchev–Trinajstić information content (AvgIpc) is 2.81. The fourth-order valence-electron chi connectivity index (χ4n) is 1.41. The molecule has 0 aliphatic rings. The van der Waals surface area contributed by atoms with Gasteiger partial charge in [-0.3, -0.25) is 0 Å². The molecule has 4 nitrogen and oxygen atoms in total. The van der Waals surface area contributed by atoms with Crippen molar-refractivity contribution in [3.8, 4) is 17.2 Å². The lowest BCUT2D eigenvalue weighted by atomic mass is 10.2. The molecule has 18 heavy (non-hydrogen) atoms. The number of aromatic nitrogens is 2. The second-order valence-corrected chi connectivity index (χ2v) is 5.24. The number of hydrogen-bond acceptors (Lipinski definition) is 5. The van der Waals surface area contributed by atoms with Crippen LogP contribution in [-0.4, -0.2) is 21.0 Å². The third-order valence-electron chi connectivity index (χ3n) is 2.23. The zero-order valence-corrected chi connectivity index (χ0v) is 11.5. The van der Waals surface area contributed by atoms with Crippen LogP contribution in [0.5, 0.6) is 5.75 Å². The molecule has 1 aromatic heterocycles. The molecular formula is C12H13ClN2O2S. The number of nitrogens with zero attached hydrogens (tertiary/aromatic N) is 2. The molecule has 6 heteroatoms. The maximum Gasteiger partial charge on any atom is 0.259 e. The van der Waals surface area contributed by atoms with Gasteiger partial charge in [0.25, 0.3) is 5.89 Å². The van der Waals surface area contributed by atoms with Crippen LogP contribution in [0.25, 0.3) is 11.5 Å². The van der Waals surface area contributed by atoms with Crippen molar-refractivity contribution in [3.63, 3.8) is 0 Å². The quantitative estimate of drug-likeness (QED) is 0.848. The van der Waals surface area contributed by atoms with Gasteiger partial charge in [-0.1, -0.05) is 23.7 Å². The standard InChI is InChI=1S/C12H13ClN2O2S/c1-2-5-18-7-11-14-12(17-15-11)9-6-8(16)3-4-10(9)13/h3-4,6,16H,2,5,7H2,1H3. The van der Waals surface area contributed by atoms with E-state index < -0.39 is 0 Å². The topological polar surface area (TPSA) is 59.2 Å². The number of halogens is 1. The molecule has 0 aliphatic heterocycles. The van der Waals surface area contributed by atoms with Gasteiger partial charge >= 0.3 is 0 Å². The summed E-state index contributed by atoms with van der Waals surface area (Å²) < 4.78 is 5.15. The van der Waals surface area contributed by atoms with E-state index in [1.165, 1.54) is 12.1 Å². The zero-order valence-electron chi connectivity index (χ0n) is 9.89. The van der Waals surface area contributed by atoms with Crippen LogP contribution in [0, 0.1) is 0 Å². The van der Waals surface area contributed by atoms with Gasteiger partial charge < -0.3 is 9.63 Å². The molecule has 0 radical (unpaired) electrons. The monoisotopic (exact) mass is 284 g/mol. The van der Waals surface area contributed by atoms with Gasteiger partial charge in [0.05, 0.1) is 16.3 Å². The molecule has 0 saturated carbocycles. The molecule has 2 rings (SSSR count). The van der Waals surface area contributed by atoms with Crippen LogP contribution in [0.3, 0.4) is 0 Å². The minimum absolute atomic E-state index is 0.120. The number of aromatic hydroxyl groups is 1. The molecule has 2 aromatic rings. The van der Waals surface area contributed by atoms with Crippen molar-refractivity contribution in [1.82, 2.24) is 10.1 Å². The lowest BCUT2D eigenvalue weighted by Gasteiger charge is -1.98. The van der Waals surface area contributed by atoms with Crippen molar-refractivity contribution in [3.05, 3.63) is 29.0 Å². The summed E-state index contributed by atoms with van der Waals surface area (Å²) in [4.78, 5) is 4.26. The summed E-state index contributed by atoms with van der Waals surface area (Å²) in [7, 11) is 0. The number of rotatable bonds is 5. The Bertz CT molecular complexity index is 531. The third kappa shape index (κ3) is 3.17. The van der Waals surface area contributed by atoms with E-state index in [0.717, 1.165) is 12.2 Å². The van der Waals surface area contributed by atoms with E-state index in [0.29, 0.717) is 28.1 Å². The van der Waals surface area contributed by atoms with E-state index >= 15 is 0 Å². The number of benzene rings is 1. The molecule has 0 saturated heterocycles. The molecule has 0 fully saturated rings. The Morgan fingerprint density at radius 1 is 1.44 bits per heavy atom. The van der Waals surface area contributed by atoms with Gasteiger partial charge in [-0.2, -0.15) is 16.7 Å². The molecule has 1 N–H and O–H groups in total. The Balaban J connectivity index is 2.16. The Labute approximate surface area is 114 Å². The van der Waals surface area contributed by atoms with Crippen molar-refractivity contribution in [2.24, 2.45) is 0 Å². The first-order valence-corrected chi connectivity index (χ1v) is 7.13. The van der Waals surface area contributed by atoms with Crippen molar-refractivity contribution >= 4 is 23.4 Å². The minimum atomic E-state index is 0.120. The molecule has 0 unspecified atom stereocenters. The van der Waals surface area contributed by atoms with Crippen LogP contribution < -0.4 is 0 Å². The van der Waals surface area contributed by atoms with Gasteiger partial charge in [0, 0.05) is 0 Å². The lowest BCUT2D eigenvalue weighted by Crippen LogP contribution is -1.86. The molecule has 0 spiro atoms. The van der Waals surface area contributed by atoms with Gasteiger partial charge in [-0.05, 0) is 30.4 Å². The van der Waals surface area contributed by atoms with Crippen molar-refractivity contribution in [1.29, 1.82) is 0 Å². The normalized spacial score (nSPS) is 10.8. The number of phenols is 1. The first-order valence-electron chi connectivity index (χ1n) is 5.60. The SMILES string of the molecule is CCCSCc1noc(-c2cc(O)ccc2Cl)n1. The highest BCUT2D eigenvalue weighted by Gasteiger charge is 2.12. The Morgan fingerprint density at radius 3 is 3.06 bits per heavy atom. The largest absolute Gasteiger partial charge is 0.508 e. The highest BCUT2D eigenvalue weighted by atomic mass is 35.5. The molecule has 1 aromatic carbocycles. The first-order chi connectivity index (χ1) is 8.70. The smallest absolute Gasteiger partial charge is 0.259 e. The van der Waals surface area contributed by atoms with Gasteiger partial charge in [0.15, 0.2) is 5.82 Å². The van der Waals surface area contributed by atoms with Crippen LogP contribution in [-0.2, 0) is 5.75 Å². The van der Waals surface area contributed by atoms with Gasteiger partial charge in [-0.15, -0.1) is 0 Å². The van der Waals surface area contributed by atoms with Crippen LogP contribution in [0.2, 0.25) is 5.02 Å². The minimum Gasteiger partial charge on any atom is -0.508 e. The maximum absolute atomic E-state index is 9.43.